The molecular formula is C14H21NS. The second-order valence-corrected chi connectivity index (χ2v) is 5.39. The van der Waals surface area contributed by atoms with Gasteiger partial charge in [0.2, 0.25) is 0 Å². The summed E-state index contributed by atoms with van der Waals surface area (Å²) in [6.45, 7) is 0. The van der Waals surface area contributed by atoms with Crippen molar-refractivity contribution < 1.29 is 0 Å². The zero-order valence-corrected chi connectivity index (χ0v) is 10.7. The summed E-state index contributed by atoms with van der Waals surface area (Å²) in [5, 5.41) is 9.30. The maximum absolute atomic E-state index is 7.75. The molecule has 0 aromatic rings. The van der Waals surface area contributed by atoms with Gasteiger partial charge in [-0.2, -0.15) is 0 Å². The van der Waals surface area contributed by atoms with Gasteiger partial charge in [0.25, 0.3) is 0 Å². The minimum absolute atomic E-state index is 0.407. The largest absolute Gasteiger partial charge is 0.304 e. The first-order valence-electron chi connectivity index (χ1n) is 6.54. The summed E-state index contributed by atoms with van der Waals surface area (Å²) in [6, 6.07) is 0. The molecule has 88 valence electrons. The lowest BCUT2D eigenvalue weighted by Crippen LogP contribution is -2.19. The summed E-state index contributed by atoms with van der Waals surface area (Å²) in [4.78, 5) is 0. The Hall–Kier alpha value is -0.500. The van der Waals surface area contributed by atoms with Crippen LogP contribution in [-0.2, 0) is 0 Å². The molecule has 1 fully saturated rings. The van der Waals surface area contributed by atoms with Crippen LogP contribution in [0.3, 0.4) is 0 Å². The van der Waals surface area contributed by atoms with Crippen molar-refractivity contribution in [2.75, 3.05) is 0 Å². The van der Waals surface area contributed by atoms with Gasteiger partial charge in [-0.05, 0) is 38.0 Å². The first-order chi connectivity index (χ1) is 7.81. The topological polar surface area (TPSA) is 23.9 Å². The van der Waals surface area contributed by atoms with Crippen molar-refractivity contribution in [1.29, 1.82) is 5.41 Å². The standard InChI is InChI=1S/C14H21NS/c15-14(10-16)13-8-6-12(7-9-13)11-4-2-1-3-5-11/h6,10-11,13,15H,1-5,7-9H2. The van der Waals surface area contributed by atoms with E-state index in [1.165, 1.54) is 38.5 Å². The molecule has 1 atom stereocenters. The molecular weight excluding hydrogens is 214 g/mol. The van der Waals surface area contributed by atoms with E-state index < -0.39 is 0 Å². The highest BCUT2D eigenvalue weighted by molar-refractivity contribution is 7.80. The van der Waals surface area contributed by atoms with Gasteiger partial charge in [-0.15, -0.1) is 0 Å². The molecule has 1 unspecified atom stereocenters. The van der Waals surface area contributed by atoms with Crippen molar-refractivity contribution in [3.8, 4) is 0 Å². The molecule has 1 nitrogen and oxygen atoms in total. The molecule has 0 amide bonds. The quantitative estimate of drug-likeness (QED) is 0.440. The monoisotopic (exact) mass is 235 g/mol. The second kappa shape index (κ2) is 5.72. The SMILES string of the molecule is N=C(C=S)C1CC=C(C2CCCCC2)CC1. The normalized spacial score (nSPS) is 27.2. The summed E-state index contributed by atoms with van der Waals surface area (Å²) >= 11 is 4.84. The van der Waals surface area contributed by atoms with E-state index in [0.29, 0.717) is 11.6 Å². The molecule has 2 aliphatic carbocycles. The number of hydrogen-bond acceptors (Lipinski definition) is 2. The van der Waals surface area contributed by atoms with Crippen LogP contribution in [0.25, 0.3) is 0 Å². The lowest BCUT2D eigenvalue weighted by Gasteiger charge is -2.29. The molecule has 2 rings (SSSR count). The predicted octanol–water partition coefficient (Wildman–Crippen LogP) is 4.31. The molecule has 0 aromatic heterocycles. The van der Waals surface area contributed by atoms with Gasteiger partial charge in [-0.25, -0.2) is 0 Å². The van der Waals surface area contributed by atoms with Gasteiger partial charge in [0.1, 0.15) is 0 Å². The van der Waals surface area contributed by atoms with Crippen LogP contribution >= 0.6 is 12.2 Å². The van der Waals surface area contributed by atoms with Crippen LogP contribution in [-0.4, -0.2) is 11.1 Å². The lowest BCUT2D eigenvalue weighted by atomic mass is 9.77. The van der Waals surface area contributed by atoms with Crippen molar-refractivity contribution in [2.24, 2.45) is 11.8 Å². The fourth-order valence-electron chi connectivity index (χ4n) is 3.08. The van der Waals surface area contributed by atoms with Crippen molar-refractivity contribution in [3.05, 3.63) is 11.6 Å². The fraction of sp³-hybridized carbons (Fsp3) is 0.714. The number of allylic oxidation sites excluding steroid dienone is 2. The zero-order chi connectivity index (χ0) is 11.4. The van der Waals surface area contributed by atoms with E-state index in [2.05, 4.69) is 6.08 Å². The Bertz CT molecular complexity index is 300. The van der Waals surface area contributed by atoms with Gasteiger partial charge < -0.3 is 5.41 Å². The van der Waals surface area contributed by atoms with Crippen LogP contribution in [0.1, 0.15) is 51.4 Å². The minimum Gasteiger partial charge on any atom is -0.304 e. The third-order valence-corrected chi connectivity index (χ3v) is 4.40. The smallest absolute Gasteiger partial charge is 0.0455 e. The van der Waals surface area contributed by atoms with Gasteiger partial charge in [-0.1, -0.05) is 43.1 Å². The van der Waals surface area contributed by atoms with Crippen LogP contribution in [0.15, 0.2) is 11.6 Å². The van der Waals surface area contributed by atoms with Crippen LogP contribution < -0.4 is 0 Å². The van der Waals surface area contributed by atoms with Crippen molar-refractivity contribution in [2.45, 2.75) is 51.4 Å². The summed E-state index contributed by atoms with van der Waals surface area (Å²) in [5.41, 5.74) is 2.35. The molecule has 0 aromatic carbocycles. The first kappa shape index (κ1) is 12.0. The van der Waals surface area contributed by atoms with Gasteiger partial charge in [0.05, 0.1) is 0 Å². The average molecular weight is 235 g/mol. The highest BCUT2D eigenvalue weighted by Crippen LogP contribution is 2.36. The van der Waals surface area contributed by atoms with E-state index in [0.717, 1.165) is 18.8 Å². The number of thiocarbonyl (C=S) groups is 1. The van der Waals surface area contributed by atoms with Crippen LogP contribution in [0.4, 0.5) is 0 Å². The molecule has 0 heterocycles. The number of rotatable bonds is 3. The Balaban J connectivity index is 1.91. The number of hydrogen-bond donors (Lipinski definition) is 1. The van der Waals surface area contributed by atoms with Crippen molar-refractivity contribution >= 4 is 23.3 Å². The summed E-state index contributed by atoms with van der Waals surface area (Å²) in [7, 11) is 0. The van der Waals surface area contributed by atoms with Crippen molar-refractivity contribution in [1.82, 2.24) is 0 Å². The Morgan fingerprint density at radius 2 is 2.00 bits per heavy atom. The van der Waals surface area contributed by atoms with E-state index >= 15 is 0 Å². The van der Waals surface area contributed by atoms with Crippen LogP contribution in [0.2, 0.25) is 0 Å². The minimum atomic E-state index is 0.407. The van der Waals surface area contributed by atoms with E-state index in [-0.39, 0.29) is 0 Å². The second-order valence-electron chi connectivity index (χ2n) is 5.16. The highest BCUT2D eigenvalue weighted by atomic mass is 32.1. The van der Waals surface area contributed by atoms with Gasteiger partial charge in [0, 0.05) is 17.0 Å². The maximum Gasteiger partial charge on any atom is 0.0455 e. The van der Waals surface area contributed by atoms with E-state index in [4.69, 9.17) is 17.6 Å². The summed E-state index contributed by atoms with van der Waals surface area (Å²) < 4.78 is 0. The molecule has 0 spiro atoms. The van der Waals surface area contributed by atoms with E-state index in [1.54, 1.807) is 10.9 Å². The highest BCUT2D eigenvalue weighted by Gasteiger charge is 2.23. The molecule has 2 heteroatoms. The Morgan fingerprint density at radius 1 is 1.25 bits per heavy atom. The molecule has 1 saturated carbocycles. The Kier molecular flexibility index (Phi) is 4.28. The number of nitrogens with one attached hydrogen (secondary N) is 1. The predicted molar refractivity (Wildman–Crippen MR) is 73.4 cm³/mol. The molecule has 0 aliphatic heterocycles. The van der Waals surface area contributed by atoms with E-state index in [1.807, 2.05) is 0 Å². The van der Waals surface area contributed by atoms with E-state index in [9.17, 15) is 0 Å². The zero-order valence-electron chi connectivity index (χ0n) is 9.87. The third kappa shape index (κ3) is 2.79. The van der Waals surface area contributed by atoms with Gasteiger partial charge in [0.15, 0.2) is 0 Å². The van der Waals surface area contributed by atoms with Gasteiger partial charge >= 0.3 is 0 Å². The maximum atomic E-state index is 7.75. The van der Waals surface area contributed by atoms with Gasteiger partial charge in [-0.3, -0.25) is 0 Å². The first-order valence-corrected chi connectivity index (χ1v) is 7.01. The Morgan fingerprint density at radius 3 is 2.56 bits per heavy atom. The fourth-order valence-corrected chi connectivity index (χ4v) is 3.27. The molecule has 0 radical (unpaired) electrons. The summed E-state index contributed by atoms with van der Waals surface area (Å²) in [5.74, 6) is 1.28. The lowest BCUT2D eigenvalue weighted by molar-refractivity contribution is 0.382. The summed E-state index contributed by atoms with van der Waals surface area (Å²) in [6.07, 6.45) is 12.9. The average Bonchev–Trinajstić information content (AvgIpc) is 2.39. The van der Waals surface area contributed by atoms with Crippen LogP contribution in [0, 0.1) is 17.2 Å². The molecule has 16 heavy (non-hydrogen) atoms. The third-order valence-electron chi connectivity index (χ3n) is 4.14. The molecule has 0 bridgehead atoms. The molecule has 2 aliphatic rings. The van der Waals surface area contributed by atoms with Crippen molar-refractivity contribution in [3.63, 3.8) is 0 Å². The molecule has 0 saturated heterocycles. The van der Waals surface area contributed by atoms with Crippen LogP contribution in [0.5, 0.6) is 0 Å². The Labute approximate surface area is 104 Å². The molecule has 1 N–H and O–H groups in total.